The molecule has 0 spiro atoms. The summed E-state index contributed by atoms with van der Waals surface area (Å²) in [5.41, 5.74) is 1.04. The van der Waals surface area contributed by atoms with E-state index in [1.807, 2.05) is 36.4 Å². The molecule has 0 radical (unpaired) electrons. The lowest BCUT2D eigenvalue weighted by atomic mass is 10.2. The van der Waals surface area contributed by atoms with Crippen molar-refractivity contribution >= 4 is 17.4 Å². The van der Waals surface area contributed by atoms with Crippen molar-refractivity contribution in [3.63, 3.8) is 0 Å². The van der Waals surface area contributed by atoms with E-state index in [0.717, 1.165) is 31.0 Å². The van der Waals surface area contributed by atoms with Crippen LogP contribution in [0.3, 0.4) is 0 Å². The molecule has 1 aromatic carbocycles. The van der Waals surface area contributed by atoms with Crippen molar-refractivity contribution in [1.29, 1.82) is 0 Å². The quantitative estimate of drug-likeness (QED) is 0.936. The monoisotopic (exact) mass is 326 g/mol. The zero-order valence-corrected chi connectivity index (χ0v) is 14.0. The van der Waals surface area contributed by atoms with Crippen molar-refractivity contribution in [3.05, 3.63) is 48.2 Å². The molecule has 2 unspecified atom stereocenters. The van der Waals surface area contributed by atoms with Crippen molar-refractivity contribution in [2.75, 3.05) is 23.3 Å². The predicted octanol–water partition coefficient (Wildman–Crippen LogP) is 2.73. The SMILES string of the molecule is CCC1CN(c2ccc(C(=O)Nc3ccccc3)nn2)CC(C)O1. The fourth-order valence-corrected chi connectivity index (χ4v) is 2.79. The molecule has 0 saturated carbocycles. The second-order valence-corrected chi connectivity index (χ2v) is 5.98. The summed E-state index contributed by atoms with van der Waals surface area (Å²) in [6.45, 7) is 5.75. The highest BCUT2D eigenvalue weighted by Gasteiger charge is 2.25. The van der Waals surface area contributed by atoms with Crippen LogP contribution >= 0.6 is 0 Å². The predicted molar refractivity (Wildman–Crippen MR) is 93.3 cm³/mol. The Morgan fingerprint density at radius 2 is 2.00 bits per heavy atom. The largest absolute Gasteiger partial charge is 0.372 e. The van der Waals surface area contributed by atoms with Gasteiger partial charge in [-0.15, -0.1) is 10.2 Å². The molecule has 1 aromatic heterocycles. The van der Waals surface area contributed by atoms with Gasteiger partial charge in [-0.25, -0.2) is 0 Å². The molecular formula is C18H22N4O2. The normalized spacial score (nSPS) is 20.7. The van der Waals surface area contributed by atoms with Crippen LogP contribution in [0.25, 0.3) is 0 Å². The van der Waals surface area contributed by atoms with Crippen LogP contribution in [0.5, 0.6) is 0 Å². The number of nitrogens with zero attached hydrogens (tertiary/aromatic N) is 3. The number of carbonyl (C=O) groups excluding carboxylic acids is 1. The Bertz CT molecular complexity index is 675. The van der Waals surface area contributed by atoms with Crippen molar-refractivity contribution < 1.29 is 9.53 Å². The molecule has 24 heavy (non-hydrogen) atoms. The second-order valence-electron chi connectivity index (χ2n) is 5.98. The summed E-state index contributed by atoms with van der Waals surface area (Å²) in [7, 11) is 0. The van der Waals surface area contributed by atoms with E-state index in [2.05, 4.69) is 34.3 Å². The van der Waals surface area contributed by atoms with Crippen LogP contribution in [0.4, 0.5) is 11.5 Å². The van der Waals surface area contributed by atoms with Crippen LogP contribution in [0.15, 0.2) is 42.5 Å². The number of hydrogen-bond donors (Lipinski definition) is 1. The molecule has 0 aliphatic carbocycles. The minimum Gasteiger partial charge on any atom is -0.372 e. The van der Waals surface area contributed by atoms with E-state index in [1.165, 1.54) is 0 Å². The van der Waals surface area contributed by atoms with Gasteiger partial charge in [0, 0.05) is 18.8 Å². The lowest BCUT2D eigenvalue weighted by molar-refractivity contribution is -0.0175. The van der Waals surface area contributed by atoms with Gasteiger partial charge < -0.3 is 15.0 Å². The number of ether oxygens (including phenoxy) is 1. The first-order valence-corrected chi connectivity index (χ1v) is 8.26. The van der Waals surface area contributed by atoms with Gasteiger partial charge in [0.15, 0.2) is 11.5 Å². The van der Waals surface area contributed by atoms with Gasteiger partial charge in [-0.2, -0.15) is 0 Å². The van der Waals surface area contributed by atoms with Crippen molar-refractivity contribution in [1.82, 2.24) is 10.2 Å². The summed E-state index contributed by atoms with van der Waals surface area (Å²) < 4.78 is 5.86. The number of benzene rings is 1. The summed E-state index contributed by atoms with van der Waals surface area (Å²) in [5.74, 6) is 0.516. The lowest BCUT2D eigenvalue weighted by Gasteiger charge is -2.36. The van der Waals surface area contributed by atoms with E-state index in [9.17, 15) is 4.79 Å². The van der Waals surface area contributed by atoms with Crippen LogP contribution < -0.4 is 10.2 Å². The molecule has 0 bridgehead atoms. The van der Waals surface area contributed by atoms with Crippen molar-refractivity contribution in [2.24, 2.45) is 0 Å². The third-order valence-electron chi connectivity index (χ3n) is 4.02. The highest BCUT2D eigenvalue weighted by Crippen LogP contribution is 2.19. The lowest BCUT2D eigenvalue weighted by Crippen LogP contribution is -2.46. The summed E-state index contributed by atoms with van der Waals surface area (Å²) in [6.07, 6.45) is 1.33. The van der Waals surface area contributed by atoms with Gasteiger partial charge in [-0.1, -0.05) is 25.1 Å². The van der Waals surface area contributed by atoms with Gasteiger partial charge in [-0.3, -0.25) is 4.79 Å². The minimum absolute atomic E-state index is 0.159. The Labute approximate surface area is 141 Å². The van der Waals surface area contributed by atoms with Crippen LogP contribution in [0.1, 0.15) is 30.8 Å². The van der Waals surface area contributed by atoms with Gasteiger partial charge >= 0.3 is 0 Å². The topological polar surface area (TPSA) is 67.4 Å². The number of amides is 1. The standard InChI is InChI=1S/C18H22N4O2/c1-3-15-12-22(11-13(2)24-15)17-10-9-16(20-21-17)18(23)19-14-7-5-4-6-8-14/h4-10,13,15H,3,11-12H2,1-2H3,(H,19,23). The minimum atomic E-state index is -0.262. The molecule has 2 aromatic rings. The summed E-state index contributed by atoms with van der Waals surface area (Å²) in [4.78, 5) is 14.4. The smallest absolute Gasteiger partial charge is 0.276 e. The first kappa shape index (κ1) is 16.4. The van der Waals surface area contributed by atoms with Crippen LogP contribution in [-0.2, 0) is 4.74 Å². The molecule has 1 N–H and O–H groups in total. The van der Waals surface area contributed by atoms with E-state index >= 15 is 0 Å². The number of para-hydroxylation sites is 1. The van der Waals surface area contributed by atoms with Crippen LogP contribution in [0, 0.1) is 0 Å². The summed E-state index contributed by atoms with van der Waals surface area (Å²) >= 11 is 0. The van der Waals surface area contributed by atoms with E-state index in [4.69, 9.17) is 4.74 Å². The van der Waals surface area contributed by atoms with E-state index in [0.29, 0.717) is 5.69 Å². The van der Waals surface area contributed by atoms with Gasteiger partial charge in [-0.05, 0) is 37.6 Å². The van der Waals surface area contributed by atoms with Crippen molar-refractivity contribution in [2.45, 2.75) is 32.5 Å². The maximum absolute atomic E-state index is 12.2. The third-order valence-corrected chi connectivity index (χ3v) is 4.02. The molecule has 6 heteroatoms. The summed E-state index contributed by atoms with van der Waals surface area (Å²) in [5, 5.41) is 11.1. The molecule has 6 nitrogen and oxygen atoms in total. The number of morpholine rings is 1. The maximum atomic E-state index is 12.2. The first-order valence-electron chi connectivity index (χ1n) is 8.26. The van der Waals surface area contributed by atoms with E-state index in [-0.39, 0.29) is 18.1 Å². The highest BCUT2D eigenvalue weighted by atomic mass is 16.5. The zero-order chi connectivity index (χ0) is 16.9. The Morgan fingerprint density at radius 1 is 1.21 bits per heavy atom. The average molecular weight is 326 g/mol. The number of nitrogens with one attached hydrogen (secondary N) is 1. The van der Waals surface area contributed by atoms with Gasteiger partial charge in [0.2, 0.25) is 0 Å². The molecule has 1 fully saturated rings. The molecule has 126 valence electrons. The van der Waals surface area contributed by atoms with E-state index < -0.39 is 0 Å². The third kappa shape index (κ3) is 3.89. The zero-order valence-electron chi connectivity index (χ0n) is 14.0. The molecule has 1 aliphatic heterocycles. The Kier molecular flexibility index (Phi) is 5.05. The number of aromatic nitrogens is 2. The molecule has 2 heterocycles. The molecule has 2 atom stereocenters. The molecule has 1 amide bonds. The number of anilines is 2. The van der Waals surface area contributed by atoms with Gasteiger partial charge in [0.1, 0.15) is 0 Å². The van der Waals surface area contributed by atoms with Gasteiger partial charge in [0.05, 0.1) is 12.2 Å². The highest BCUT2D eigenvalue weighted by molar-refractivity contribution is 6.02. The summed E-state index contributed by atoms with van der Waals surface area (Å²) in [6, 6.07) is 12.9. The maximum Gasteiger partial charge on any atom is 0.276 e. The Balaban J connectivity index is 1.67. The molecule has 1 aliphatic rings. The molecular weight excluding hydrogens is 304 g/mol. The Morgan fingerprint density at radius 3 is 2.67 bits per heavy atom. The number of rotatable bonds is 4. The average Bonchev–Trinajstić information content (AvgIpc) is 2.62. The Hall–Kier alpha value is -2.47. The first-order chi connectivity index (χ1) is 11.7. The number of carbonyl (C=O) groups is 1. The number of hydrogen-bond acceptors (Lipinski definition) is 5. The van der Waals surface area contributed by atoms with E-state index in [1.54, 1.807) is 6.07 Å². The fraction of sp³-hybridized carbons (Fsp3) is 0.389. The van der Waals surface area contributed by atoms with Crippen LogP contribution in [-0.4, -0.2) is 41.4 Å². The van der Waals surface area contributed by atoms with Crippen LogP contribution in [0.2, 0.25) is 0 Å². The fourth-order valence-electron chi connectivity index (χ4n) is 2.79. The van der Waals surface area contributed by atoms with Crippen molar-refractivity contribution in [3.8, 4) is 0 Å². The second kappa shape index (κ2) is 7.40. The van der Waals surface area contributed by atoms with Gasteiger partial charge in [0.25, 0.3) is 5.91 Å². The molecule has 1 saturated heterocycles. The molecule has 3 rings (SSSR count).